The summed E-state index contributed by atoms with van der Waals surface area (Å²) >= 11 is 3.36. The third kappa shape index (κ3) is 4.21. The number of sulfonamides is 1. The molecule has 5 nitrogen and oxygen atoms in total. The average molecular weight is 349 g/mol. The quantitative estimate of drug-likeness (QED) is 0.830. The van der Waals surface area contributed by atoms with E-state index >= 15 is 0 Å². The molecule has 0 aromatic heterocycles. The van der Waals surface area contributed by atoms with Gasteiger partial charge in [-0.15, -0.1) is 0 Å². The minimum atomic E-state index is -3.51. The van der Waals surface area contributed by atoms with Gasteiger partial charge in [0.15, 0.2) is 0 Å². The molecule has 106 valence electrons. The second kappa shape index (κ2) is 5.92. The van der Waals surface area contributed by atoms with Gasteiger partial charge in [-0.2, -0.15) is 0 Å². The molecule has 1 rings (SSSR count). The zero-order valence-electron chi connectivity index (χ0n) is 11.3. The number of rotatable bonds is 4. The molecule has 0 saturated heterocycles. The number of amides is 1. The van der Waals surface area contributed by atoms with Gasteiger partial charge in [-0.3, -0.25) is 9.10 Å². The van der Waals surface area contributed by atoms with Crippen molar-refractivity contribution in [3.05, 3.63) is 28.2 Å². The number of hydrogen-bond donors (Lipinski definition) is 0. The van der Waals surface area contributed by atoms with E-state index in [1.807, 2.05) is 6.92 Å². The van der Waals surface area contributed by atoms with Crippen molar-refractivity contribution in [2.45, 2.75) is 6.92 Å². The van der Waals surface area contributed by atoms with Crippen molar-refractivity contribution in [1.82, 2.24) is 4.90 Å². The van der Waals surface area contributed by atoms with Crippen LogP contribution in [0.15, 0.2) is 22.7 Å². The molecule has 0 N–H and O–H groups in total. The lowest BCUT2D eigenvalue weighted by Crippen LogP contribution is -2.39. The largest absolute Gasteiger partial charge is 0.347 e. The normalized spacial score (nSPS) is 11.2. The van der Waals surface area contributed by atoms with Gasteiger partial charge in [0.2, 0.25) is 15.9 Å². The molecular weight excluding hydrogens is 332 g/mol. The van der Waals surface area contributed by atoms with Gasteiger partial charge < -0.3 is 4.90 Å². The number of halogens is 1. The minimum Gasteiger partial charge on any atom is -0.347 e. The predicted molar refractivity (Wildman–Crippen MR) is 79.8 cm³/mol. The van der Waals surface area contributed by atoms with Crippen LogP contribution in [0.3, 0.4) is 0 Å². The van der Waals surface area contributed by atoms with Gasteiger partial charge in [-0.25, -0.2) is 8.42 Å². The van der Waals surface area contributed by atoms with E-state index in [9.17, 15) is 13.2 Å². The second-order valence-electron chi connectivity index (χ2n) is 4.49. The third-order valence-corrected chi connectivity index (χ3v) is 4.64. The molecule has 0 aliphatic carbocycles. The molecule has 0 bridgehead atoms. The molecule has 1 aromatic rings. The van der Waals surface area contributed by atoms with Gasteiger partial charge in [-0.05, 0) is 30.7 Å². The molecule has 1 aromatic carbocycles. The van der Waals surface area contributed by atoms with Crippen molar-refractivity contribution in [2.24, 2.45) is 0 Å². The smallest absolute Gasteiger partial charge is 0.242 e. The van der Waals surface area contributed by atoms with Crippen LogP contribution in [-0.2, 0) is 14.8 Å². The number of benzene rings is 1. The fraction of sp³-hybridized carbons (Fsp3) is 0.417. The highest BCUT2D eigenvalue weighted by molar-refractivity contribution is 9.10. The lowest BCUT2D eigenvalue weighted by atomic mass is 10.2. The maximum Gasteiger partial charge on any atom is 0.242 e. The first-order valence-electron chi connectivity index (χ1n) is 5.57. The van der Waals surface area contributed by atoms with E-state index in [0.717, 1.165) is 20.6 Å². The van der Waals surface area contributed by atoms with Crippen LogP contribution >= 0.6 is 15.9 Å². The van der Waals surface area contributed by atoms with Crippen LogP contribution in [0.25, 0.3) is 0 Å². The van der Waals surface area contributed by atoms with Crippen molar-refractivity contribution >= 4 is 37.5 Å². The Balaban J connectivity index is 3.18. The highest BCUT2D eigenvalue weighted by Gasteiger charge is 2.21. The summed E-state index contributed by atoms with van der Waals surface area (Å²) < 4.78 is 25.7. The SMILES string of the molecule is Cc1cc(N(CC(=O)N(C)C)S(C)(=O)=O)ccc1Br. The van der Waals surface area contributed by atoms with E-state index in [1.165, 1.54) is 4.90 Å². The molecule has 0 radical (unpaired) electrons. The Morgan fingerprint density at radius 2 is 1.89 bits per heavy atom. The van der Waals surface area contributed by atoms with Crippen molar-refractivity contribution in [3.8, 4) is 0 Å². The van der Waals surface area contributed by atoms with E-state index in [1.54, 1.807) is 32.3 Å². The fourth-order valence-corrected chi connectivity index (χ4v) is 2.54. The Morgan fingerprint density at radius 1 is 1.32 bits per heavy atom. The number of carbonyl (C=O) groups is 1. The van der Waals surface area contributed by atoms with Gasteiger partial charge in [0, 0.05) is 18.6 Å². The van der Waals surface area contributed by atoms with E-state index in [-0.39, 0.29) is 12.5 Å². The molecule has 1 amide bonds. The lowest BCUT2D eigenvalue weighted by molar-refractivity contribution is -0.127. The highest BCUT2D eigenvalue weighted by Crippen LogP contribution is 2.24. The van der Waals surface area contributed by atoms with Crippen LogP contribution < -0.4 is 4.31 Å². The first kappa shape index (κ1) is 16.0. The summed E-state index contributed by atoms with van der Waals surface area (Å²) in [7, 11) is -0.320. The Bertz CT molecular complexity index is 585. The summed E-state index contributed by atoms with van der Waals surface area (Å²) in [6.07, 6.45) is 1.09. The van der Waals surface area contributed by atoms with Gasteiger partial charge in [-0.1, -0.05) is 15.9 Å². The molecule has 7 heteroatoms. The average Bonchev–Trinajstić information content (AvgIpc) is 2.27. The Kier molecular flexibility index (Phi) is 4.98. The topological polar surface area (TPSA) is 57.7 Å². The van der Waals surface area contributed by atoms with Crippen molar-refractivity contribution in [3.63, 3.8) is 0 Å². The molecule has 0 atom stereocenters. The number of likely N-dealkylation sites (N-methyl/N-ethyl adjacent to an activating group) is 1. The van der Waals surface area contributed by atoms with Crippen LogP contribution in [0, 0.1) is 6.92 Å². The van der Waals surface area contributed by atoms with Gasteiger partial charge in [0.05, 0.1) is 11.9 Å². The number of anilines is 1. The number of carbonyl (C=O) groups excluding carboxylic acids is 1. The molecule has 0 aliphatic heterocycles. The summed E-state index contributed by atoms with van der Waals surface area (Å²) in [4.78, 5) is 13.1. The summed E-state index contributed by atoms with van der Waals surface area (Å²) in [5.74, 6) is -0.272. The Morgan fingerprint density at radius 3 is 2.32 bits per heavy atom. The van der Waals surface area contributed by atoms with Crippen LogP contribution in [0.2, 0.25) is 0 Å². The molecule has 19 heavy (non-hydrogen) atoms. The number of aryl methyl sites for hydroxylation is 1. The fourth-order valence-electron chi connectivity index (χ4n) is 1.45. The Labute approximate surface area is 122 Å². The van der Waals surface area contributed by atoms with E-state index in [4.69, 9.17) is 0 Å². The minimum absolute atomic E-state index is 0.201. The second-order valence-corrected chi connectivity index (χ2v) is 7.25. The molecule has 0 fully saturated rings. The van der Waals surface area contributed by atoms with E-state index < -0.39 is 10.0 Å². The highest BCUT2D eigenvalue weighted by atomic mass is 79.9. The van der Waals surface area contributed by atoms with E-state index in [0.29, 0.717) is 5.69 Å². The van der Waals surface area contributed by atoms with Crippen LogP contribution in [0.4, 0.5) is 5.69 Å². The molecule has 0 heterocycles. The third-order valence-electron chi connectivity index (χ3n) is 2.61. The van der Waals surface area contributed by atoms with E-state index in [2.05, 4.69) is 15.9 Å². The van der Waals surface area contributed by atoms with Gasteiger partial charge in [0.1, 0.15) is 6.54 Å². The van der Waals surface area contributed by atoms with Crippen LogP contribution in [-0.4, -0.2) is 46.1 Å². The van der Waals surface area contributed by atoms with Gasteiger partial charge >= 0.3 is 0 Å². The monoisotopic (exact) mass is 348 g/mol. The molecule has 0 saturated carbocycles. The predicted octanol–water partition coefficient (Wildman–Crippen LogP) is 1.61. The van der Waals surface area contributed by atoms with Crippen molar-refractivity contribution < 1.29 is 13.2 Å². The maximum absolute atomic E-state index is 11.8. The lowest BCUT2D eigenvalue weighted by Gasteiger charge is -2.24. The molecular formula is C12H17BrN2O3S. The number of nitrogens with zero attached hydrogens (tertiary/aromatic N) is 2. The summed E-state index contributed by atoms with van der Waals surface area (Å²) in [6.45, 7) is 1.66. The molecule has 0 unspecified atom stereocenters. The molecule has 0 aliphatic rings. The zero-order chi connectivity index (χ0) is 14.8. The van der Waals surface area contributed by atoms with Crippen LogP contribution in [0.1, 0.15) is 5.56 Å². The first-order valence-corrected chi connectivity index (χ1v) is 8.21. The standard InChI is InChI=1S/C12H17BrN2O3S/c1-9-7-10(5-6-11(9)13)15(19(4,17)18)8-12(16)14(2)3/h5-7H,8H2,1-4H3. The Hall–Kier alpha value is -1.08. The summed E-state index contributed by atoms with van der Waals surface area (Å²) in [5, 5.41) is 0. The van der Waals surface area contributed by atoms with Crippen molar-refractivity contribution in [2.75, 3.05) is 31.2 Å². The zero-order valence-corrected chi connectivity index (χ0v) is 13.7. The number of hydrogen-bond acceptors (Lipinski definition) is 3. The first-order chi connectivity index (χ1) is 8.62. The summed E-state index contributed by atoms with van der Waals surface area (Å²) in [5.41, 5.74) is 1.39. The van der Waals surface area contributed by atoms with Crippen molar-refractivity contribution in [1.29, 1.82) is 0 Å². The van der Waals surface area contributed by atoms with Crippen LogP contribution in [0.5, 0.6) is 0 Å². The summed E-state index contributed by atoms with van der Waals surface area (Å²) in [6, 6.07) is 5.16. The molecule has 0 spiro atoms. The maximum atomic E-state index is 11.8. The van der Waals surface area contributed by atoms with Gasteiger partial charge in [0.25, 0.3) is 0 Å².